The molecular formula is C14H17ClO4. The Balaban J connectivity index is 1.86. The average molecular weight is 285 g/mol. The average Bonchev–Trinajstić information content (AvgIpc) is 2.40. The molecule has 5 heteroatoms. The third-order valence-corrected chi connectivity index (χ3v) is 3.32. The molecule has 1 aliphatic rings. The zero-order valence-corrected chi connectivity index (χ0v) is 11.3. The van der Waals surface area contributed by atoms with Crippen LogP contribution in [0.25, 0.3) is 0 Å². The van der Waals surface area contributed by atoms with Gasteiger partial charge < -0.3 is 14.6 Å². The number of rotatable bonds is 5. The number of carbonyl (C=O) groups excluding carboxylic acids is 1. The van der Waals surface area contributed by atoms with Gasteiger partial charge in [-0.05, 0) is 18.1 Å². The van der Waals surface area contributed by atoms with Gasteiger partial charge >= 0.3 is 0 Å². The van der Waals surface area contributed by atoms with E-state index in [1.807, 2.05) is 0 Å². The van der Waals surface area contributed by atoms with Crippen molar-refractivity contribution in [3.63, 3.8) is 0 Å². The van der Waals surface area contributed by atoms with Crippen molar-refractivity contribution in [2.24, 2.45) is 0 Å². The summed E-state index contributed by atoms with van der Waals surface area (Å²) in [4.78, 5) is 11.8. The molecule has 1 aromatic carbocycles. The Labute approximate surface area is 117 Å². The summed E-state index contributed by atoms with van der Waals surface area (Å²) in [5.41, 5.74) is 0.572. The number of hydrogen-bond acceptors (Lipinski definition) is 4. The monoisotopic (exact) mass is 284 g/mol. The van der Waals surface area contributed by atoms with Gasteiger partial charge in [0, 0.05) is 11.4 Å². The van der Waals surface area contributed by atoms with Crippen molar-refractivity contribution in [3.8, 4) is 0 Å². The summed E-state index contributed by atoms with van der Waals surface area (Å²) in [5, 5.41) is 10.5. The van der Waals surface area contributed by atoms with Gasteiger partial charge in [0.15, 0.2) is 6.29 Å². The number of ether oxygens (including phenoxy) is 2. The first-order chi connectivity index (χ1) is 9.16. The van der Waals surface area contributed by atoms with E-state index in [1.165, 1.54) is 0 Å². The lowest BCUT2D eigenvalue weighted by atomic mass is 10.0. The second kappa shape index (κ2) is 7.01. The first-order valence-electron chi connectivity index (χ1n) is 6.34. The van der Waals surface area contributed by atoms with Crippen LogP contribution in [0.15, 0.2) is 24.3 Å². The summed E-state index contributed by atoms with van der Waals surface area (Å²) in [7, 11) is 0. The van der Waals surface area contributed by atoms with Crippen molar-refractivity contribution in [1.29, 1.82) is 0 Å². The molecule has 1 fully saturated rings. The molecule has 4 nitrogen and oxygen atoms in total. The van der Waals surface area contributed by atoms with Gasteiger partial charge in [-0.15, -0.1) is 0 Å². The Bertz CT molecular complexity index is 429. The molecule has 0 bridgehead atoms. The van der Waals surface area contributed by atoms with E-state index in [4.69, 9.17) is 21.1 Å². The Morgan fingerprint density at radius 1 is 1.37 bits per heavy atom. The van der Waals surface area contributed by atoms with E-state index in [2.05, 4.69) is 0 Å². The molecule has 0 saturated carbocycles. The Hall–Kier alpha value is -0.940. The van der Waals surface area contributed by atoms with E-state index in [1.54, 1.807) is 24.3 Å². The van der Waals surface area contributed by atoms with E-state index in [0.29, 0.717) is 23.8 Å². The predicted molar refractivity (Wildman–Crippen MR) is 71.0 cm³/mol. The first-order valence-corrected chi connectivity index (χ1v) is 6.72. The highest BCUT2D eigenvalue weighted by atomic mass is 35.5. The highest BCUT2D eigenvalue weighted by Crippen LogP contribution is 2.25. The molecule has 2 rings (SSSR count). The van der Waals surface area contributed by atoms with Crippen LogP contribution < -0.4 is 0 Å². The van der Waals surface area contributed by atoms with Crippen LogP contribution in [0.2, 0.25) is 5.02 Å². The summed E-state index contributed by atoms with van der Waals surface area (Å²) in [5.74, 6) is -0.0979. The molecule has 0 aromatic heterocycles. The molecule has 0 spiro atoms. The molecule has 0 amide bonds. The van der Waals surface area contributed by atoms with E-state index >= 15 is 0 Å². The van der Waals surface area contributed by atoms with Crippen LogP contribution in [-0.4, -0.2) is 30.4 Å². The molecule has 1 aromatic rings. The quantitative estimate of drug-likeness (QED) is 0.902. The number of Topliss-reactive ketones (excluding diaryl/α,β-unsaturated/α-hetero) is 1. The van der Waals surface area contributed by atoms with Crippen molar-refractivity contribution in [2.45, 2.75) is 31.7 Å². The third kappa shape index (κ3) is 4.28. The first kappa shape index (κ1) is 14.5. The second-order valence-corrected chi connectivity index (χ2v) is 4.92. The Morgan fingerprint density at radius 3 is 2.74 bits per heavy atom. The van der Waals surface area contributed by atoms with Crippen LogP contribution in [0.4, 0.5) is 0 Å². The molecule has 104 valence electrons. The van der Waals surface area contributed by atoms with Gasteiger partial charge in [0.1, 0.15) is 5.78 Å². The van der Waals surface area contributed by atoms with Crippen LogP contribution in [0.5, 0.6) is 0 Å². The minimum absolute atomic E-state index is 0.0208. The van der Waals surface area contributed by atoms with Crippen molar-refractivity contribution in [1.82, 2.24) is 0 Å². The van der Waals surface area contributed by atoms with Gasteiger partial charge in [-0.25, -0.2) is 0 Å². The van der Waals surface area contributed by atoms with Crippen LogP contribution in [0.3, 0.4) is 0 Å². The number of carbonyl (C=O) groups is 1. The standard InChI is InChI=1S/C14H17ClO4/c15-12-5-2-1-4-11(12)13(17)8-10(16)9-14-18-6-3-7-19-14/h1-2,4-5,13-14,17H,3,6-9H2/t13-/m0/s1. The number of aliphatic hydroxyl groups excluding tert-OH is 1. The molecule has 1 atom stereocenters. The molecule has 0 aliphatic carbocycles. The zero-order valence-electron chi connectivity index (χ0n) is 10.5. The van der Waals surface area contributed by atoms with Crippen LogP contribution in [-0.2, 0) is 14.3 Å². The Kier molecular flexibility index (Phi) is 5.34. The highest BCUT2D eigenvalue weighted by molar-refractivity contribution is 6.31. The molecular weight excluding hydrogens is 268 g/mol. The van der Waals surface area contributed by atoms with Crippen molar-refractivity contribution >= 4 is 17.4 Å². The summed E-state index contributed by atoms with van der Waals surface area (Å²) >= 11 is 5.97. The molecule has 1 saturated heterocycles. The van der Waals surface area contributed by atoms with Gasteiger partial charge in [0.25, 0.3) is 0 Å². The molecule has 19 heavy (non-hydrogen) atoms. The molecule has 1 N–H and O–H groups in total. The van der Waals surface area contributed by atoms with Gasteiger partial charge in [-0.3, -0.25) is 4.79 Å². The number of aliphatic hydroxyl groups is 1. The van der Waals surface area contributed by atoms with Crippen molar-refractivity contribution in [3.05, 3.63) is 34.9 Å². The maximum absolute atomic E-state index is 11.8. The lowest BCUT2D eigenvalue weighted by molar-refractivity contribution is -0.183. The topological polar surface area (TPSA) is 55.8 Å². The van der Waals surface area contributed by atoms with Gasteiger partial charge in [0.2, 0.25) is 0 Å². The summed E-state index contributed by atoms with van der Waals surface area (Å²) in [6.45, 7) is 1.23. The number of ketones is 1. The van der Waals surface area contributed by atoms with Gasteiger partial charge in [-0.1, -0.05) is 29.8 Å². The van der Waals surface area contributed by atoms with Crippen LogP contribution in [0.1, 0.15) is 30.9 Å². The molecule has 0 unspecified atom stereocenters. The van der Waals surface area contributed by atoms with Gasteiger partial charge in [-0.2, -0.15) is 0 Å². The second-order valence-electron chi connectivity index (χ2n) is 4.51. The smallest absolute Gasteiger partial charge is 0.164 e. The van der Waals surface area contributed by atoms with Crippen LogP contribution >= 0.6 is 11.6 Å². The van der Waals surface area contributed by atoms with Crippen LogP contribution in [0, 0.1) is 0 Å². The van der Waals surface area contributed by atoms with Gasteiger partial charge in [0.05, 0.1) is 25.7 Å². The SMILES string of the molecule is O=C(CC1OCCCO1)C[C@H](O)c1ccccc1Cl. The fourth-order valence-corrected chi connectivity index (χ4v) is 2.26. The fraction of sp³-hybridized carbons (Fsp3) is 0.500. The number of hydrogen-bond donors (Lipinski definition) is 1. The highest BCUT2D eigenvalue weighted by Gasteiger charge is 2.21. The summed E-state index contributed by atoms with van der Waals surface area (Å²) in [6.07, 6.45) is -0.314. The zero-order chi connectivity index (χ0) is 13.7. The van der Waals surface area contributed by atoms with E-state index in [0.717, 1.165) is 6.42 Å². The van der Waals surface area contributed by atoms with E-state index in [-0.39, 0.29) is 18.6 Å². The minimum atomic E-state index is -0.884. The lowest BCUT2D eigenvalue weighted by Gasteiger charge is -2.23. The van der Waals surface area contributed by atoms with Crippen molar-refractivity contribution < 1.29 is 19.4 Å². The predicted octanol–water partition coefficient (Wildman–Crippen LogP) is 2.49. The third-order valence-electron chi connectivity index (χ3n) is 2.98. The fourth-order valence-electron chi connectivity index (χ4n) is 1.99. The minimum Gasteiger partial charge on any atom is -0.388 e. The van der Waals surface area contributed by atoms with E-state index in [9.17, 15) is 9.90 Å². The molecule has 1 heterocycles. The maximum atomic E-state index is 11.8. The number of benzene rings is 1. The van der Waals surface area contributed by atoms with Crippen molar-refractivity contribution in [2.75, 3.05) is 13.2 Å². The summed E-state index contributed by atoms with van der Waals surface area (Å²) in [6, 6.07) is 6.97. The Morgan fingerprint density at radius 2 is 2.05 bits per heavy atom. The number of halogens is 1. The van der Waals surface area contributed by atoms with E-state index < -0.39 is 12.4 Å². The largest absolute Gasteiger partial charge is 0.388 e. The normalized spacial score (nSPS) is 18.2. The summed E-state index contributed by atoms with van der Waals surface area (Å²) < 4.78 is 10.6. The lowest BCUT2D eigenvalue weighted by Crippen LogP contribution is -2.27. The maximum Gasteiger partial charge on any atom is 0.164 e. The molecule has 0 radical (unpaired) electrons. The molecule has 1 aliphatic heterocycles.